The van der Waals surface area contributed by atoms with Gasteiger partial charge in [0.25, 0.3) is 0 Å². The maximum absolute atomic E-state index is 5.79. The Hall–Kier alpha value is -1.29. The van der Waals surface area contributed by atoms with Gasteiger partial charge in [-0.2, -0.15) is 0 Å². The molecule has 1 N–H and O–H groups in total. The summed E-state index contributed by atoms with van der Waals surface area (Å²) in [6.45, 7) is 8.21. The Morgan fingerprint density at radius 3 is 2.84 bits per heavy atom. The zero-order valence-corrected chi connectivity index (χ0v) is 12.1. The molecule has 106 valence electrons. The third kappa shape index (κ3) is 3.83. The highest BCUT2D eigenvalue weighted by Gasteiger charge is 2.21. The van der Waals surface area contributed by atoms with E-state index >= 15 is 0 Å². The second-order valence-electron chi connectivity index (χ2n) is 4.99. The van der Waals surface area contributed by atoms with Crippen molar-refractivity contribution in [2.24, 2.45) is 0 Å². The molecule has 1 saturated heterocycles. The Kier molecular flexibility index (Phi) is 5.45. The summed E-state index contributed by atoms with van der Waals surface area (Å²) in [5.41, 5.74) is 0. The minimum absolute atomic E-state index is 0.657. The first-order chi connectivity index (χ1) is 9.35. The van der Waals surface area contributed by atoms with Crippen molar-refractivity contribution in [3.05, 3.63) is 18.3 Å². The third-order valence-corrected chi connectivity index (χ3v) is 3.50. The van der Waals surface area contributed by atoms with Crippen LogP contribution in [0.25, 0.3) is 0 Å². The van der Waals surface area contributed by atoms with Gasteiger partial charge in [0.05, 0.1) is 6.61 Å². The lowest BCUT2D eigenvalue weighted by Gasteiger charge is -2.33. The van der Waals surface area contributed by atoms with Crippen molar-refractivity contribution in [3.63, 3.8) is 0 Å². The smallest absolute Gasteiger partial charge is 0.171 e. The van der Waals surface area contributed by atoms with Gasteiger partial charge < -0.3 is 15.0 Å². The molecule has 1 aliphatic rings. The summed E-state index contributed by atoms with van der Waals surface area (Å²) in [5, 5.41) is 3.53. The van der Waals surface area contributed by atoms with Gasteiger partial charge >= 0.3 is 0 Å². The molecule has 0 saturated carbocycles. The van der Waals surface area contributed by atoms with E-state index in [0.29, 0.717) is 6.04 Å². The van der Waals surface area contributed by atoms with Crippen LogP contribution in [-0.4, -0.2) is 37.3 Å². The lowest BCUT2D eigenvalue weighted by Crippen LogP contribution is -2.42. The van der Waals surface area contributed by atoms with Crippen LogP contribution in [0, 0.1) is 0 Å². The topological polar surface area (TPSA) is 37.4 Å². The molecule has 2 rings (SSSR count). The lowest BCUT2D eigenvalue weighted by molar-refractivity contribution is 0.315. The van der Waals surface area contributed by atoms with Gasteiger partial charge in [-0.1, -0.05) is 13.8 Å². The van der Waals surface area contributed by atoms with Crippen molar-refractivity contribution in [2.75, 3.05) is 31.1 Å². The number of hydrogen-bond donors (Lipinski definition) is 1. The normalized spacial score (nSPS) is 16.6. The molecule has 0 radical (unpaired) electrons. The van der Waals surface area contributed by atoms with Crippen LogP contribution in [0.3, 0.4) is 0 Å². The second-order valence-corrected chi connectivity index (χ2v) is 4.99. The van der Waals surface area contributed by atoms with Gasteiger partial charge in [0.2, 0.25) is 0 Å². The van der Waals surface area contributed by atoms with Gasteiger partial charge in [-0.05, 0) is 37.9 Å². The fourth-order valence-corrected chi connectivity index (χ4v) is 2.53. The minimum Gasteiger partial charge on any atom is -0.490 e. The van der Waals surface area contributed by atoms with Crippen LogP contribution in [0.5, 0.6) is 5.75 Å². The van der Waals surface area contributed by atoms with E-state index < -0.39 is 0 Å². The largest absolute Gasteiger partial charge is 0.490 e. The van der Waals surface area contributed by atoms with E-state index in [4.69, 9.17) is 4.74 Å². The summed E-state index contributed by atoms with van der Waals surface area (Å²) >= 11 is 0. The first-order valence-electron chi connectivity index (χ1n) is 7.41. The average molecular weight is 263 g/mol. The highest BCUT2D eigenvalue weighted by molar-refractivity contribution is 5.52. The van der Waals surface area contributed by atoms with E-state index in [1.54, 1.807) is 0 Å². The van der Waals surface area contributed by atoms with Gasteiger partial charge in [0.1, 0.15) is 0 Å². The Labute approximate surface area is 116 Å². The van der Waals surface area contributed by atoms with E-state index in [1.165, 1.54) is 12.8 Å². The Morgan fingerprint density at radius 2 is 2.16 bits per heavy atom. The van der Waals surface area contributed by atoms with Crippen molar-refractivity contribution in [3.8, 4) is 5.75 Å². The molecule has 2 heterocycles. The fraction of sp³-hybridized carbons (Fsp3) is 0.667. The molecule has 0 aliphatic carbocycles. The lowest BCUT2D eigenvalue weighted by atomic mass is 10.1. The van der Waals surface area contributed by atoms with E-state index in [9.17, 15) is 0 Å². The van der Waals surface area contributed by atoms with Crippen LogP contribution in [0.2, 0.25) is 0 Å². The highest BCUT2D eigenvalue weighted by atomic mass is 16.5. The molecule has 0 amide bonds. The number of pyridine rings is 1. The quantitative estimate of drug-likeness (QED) is 0.855. The van der Waals surface area contributed by atoms with E-state index in [1.807, 2.05) is 18.3 Å². The summed E-state index contributed by atoms with van der Waals surface area (Å²) in [6.07, 6.45) is 5.23. The van der Waals surface area contributed by atoms with E-state index in [-0.39, 0.29) is 0 Å². The molecule has 1 aromatic rings. The summed E-state index contributed by atoms with van der Waals surface area (Å²) in [7, 11) is 0. The number of ether oxygens (including phenoxy) is 1. The Morgan fingerprint density at radius 1 is 1.37 bits per heavy atom. The molecule has 0 bridgehead atoms. The molecule has 0 atom stereocenters. The monoisotopic (exact) mass is 263 g/mol. The fourth-order valence-electron chi connectivity index (χ4n) is 2.53. The minimum atomic E-state index is 0.657. The van der Waals surface area contributed by atoms with Gasteiger partial charge in [0, 0.05) is 25.3 Å². The summed E-state index contributed by atoms with van der Waals surface area (Å²) in [4.78, 5) is 6.85. The molecule has 1 aromatic heterocycles. The maximum atomic E-state index is 5.79. The number of aromatic nitrogens is 1. The summed E-state index contributed by atoms with van der Waals surface area (Å²) in [5.74, 6) is 1.93. The van der Waals surface area contributed by atoms with Crippen molar-refractivity contribution in [1.29, 1.82) is 0 Å². The number of nitrogens with zero attached hydrogens (tertiary/aromatic N) is 2. The van der Waals surface area contributed by atoms with Gasteiger partial charge in [-0.3, -0.25) is 0 Å². The van der Waals surface area contributed by atoms with Gasteiger partial charge in [0.15, 0.2) is 11.6 Å². The van der Waals surface area contributed by atoms with E-state index in [2.05, 4.69) is 29.0 Å². The number of rotatable bonds is 6. The van der Waals surface area contributed by atoms with Crippen LogP contribution >= 0.6 is 0 Å². The van der Waals surface area contributed by atoms with Crippen LogP contribution in [0.1, 0.15) is 33.1 Å². The van der Waals surface area contributed by atoms with Crippen LogP contribution in [0.4, 0.5) is 5.82 Å². The van der Waals surface area contributed by atoms with Crippen molar-refractivity contribution < 1.29 is 4.74 Å². The molecule has 4 nitrogen and oxygen atoms in total. The summed E-state index contributed by atoms with van der Waals surface area (Å²) < 4.78 is 5.79. The SMILES string of the molecule is CCCOc1cccnc1N1CCC(NCC)CC1. The third-order valence-electron chi connectivity index (χ3n) is 3.50. The Bertz CT molecular complexity index is 375. The second kappa shape index (κ2) is 7.34. The molecule has 1 fully saturated rings. The first kappa shape index (κ1) is 14.1. The molecule has 1 aliphatic heterocycles. The van der Waals surface area contributed by atoms with E-state index in [0.717, 1.165) is 44.2 Å². The van der Waals surface area contributed by atoms with Crippen molar-refractivity contribution in [1.82, 2.24) is 10.3 Å². The predicted molar refractivity (Wildman–Crippen MR) is 78.9 cm³/mol. The number of anilines is 1. The highest BCUT2D eigenvalue weighted by Crippen LogP contribution is 2.27. The zero-order valence-electron chi connectivity index (χ0n) is 12.1. The molecular weight excluding hydrogens is 238 g/mol. The number of hydrogen-bond acceptors (Lipinski definition) is 4. The van der Waals surface area contributed by atoms with Crippen LogP contribution < -0.4 is 15.0 Å². The zero-order chi connectivity index (χ0) is 13.5. The molecule has 4 heteroatoms. The molecular formula is C15H25N3O. The molecule has 19 heavy (non-hydrogen) atoms. The van der Waals surface area contributed by atoms with Gasteiger partial charge in [-0.25, -0.2) is 4.98 Å². The van der Waals surface area contributed by atoms with Gasteiger partial charge in [-0.15, -0.1) is 0 Å². The molecule has 0 unspecified atom stereocenters. The number of piperidine rings is 1. The molecule has 0 spiro atoms. The molecule has 0 aromatic carbocycles. The standard InChI is InChI=1S/C15H25N3O/c1-3-12-19-14-6-5-9-17-15(14)18-10-7-13(8-11-18)16-4-2/h5-6,9,13,16H,3-4,7-8,10-12H2,1-2H3. The average Bonchev–Trinajstić information content (AvgIpc) is 2.47. The Balaban J connectivity index is 1.98. The summed E-state index contributed by atoms with van der Waals surface area (Å²) in [6, 6.07) is 4.62. The van der Waals surface area contributed by atoms with Crippen molar-refractivity contribution >= 4 is 5.82 Å². The predicted octanol–water partition coefficient (Wildman–Crippen LogP) is 2.45. The van der Waals surface area contributed by atoms with Crippen LogP contribution in [-0.2, 0) is 0 Å². The van der Waals surface area contributed by atoms with Crippen molar-refractivity contribution in [2.45, 2.75) is 39.2 Å². The van der Waals surface area contributed by atoms with Crippen LogP contribution in [0.15, 0.2) is 18.3 Å². The first-order valence-corrected chi connectivity index (χ1v) is 7.41. The number of nitrogens with one attached hydrogen (secondary N) is 1. The maximum Gasteiger partial charge on any atom is 0.171 e.